The van der Waals surface area contributed by atoms with E-state index < -0.39 is 0 Å². The van der Waals surface area contributed by atoms with E-state index in [4.69, 9.17) is 4.42 Å². The summed E-state index contributed by atoms with van der Waals surface area (Å²) in [5.41, 5.74) is 7.25. The van der Waals surface area contributed by atoms with Gasteiger partial charge in [0.1, 0.15) is 5.58 Å². The van der Waals surface area contributed by atoms with E-state index in [-0.39, 0.29) is 0 Å². The van der Waals surface area contributed by atoms with E-state index in [2.05, 4.69) is 89.5 Å². The number of rotatable bonds is 2. The first-order chi connectivity index (χ1) is 24.8. The Morgan fingerprint density at radius 2 is 1.08 bits per heavy atom. The first-order valence-electron chi connectivity index (χ1n) is 20.8. The van der Waals surface area contributed by atoms with Gasteiger partial charge in [-0.05, 0) is 159 Å². The fraction of sp³-hybridized carbons (Fsp3) is 0.500. The summed E-state index contributed by atoms with van der Waals surface area (Å²) in [4.78, 5) is 0. The molecule has 2 heterocycles. The van der Waals surface area contributed by atoms with Crippen LogP contribution in [0.4, 0.5) is 0 Å². The van der Waals surface area contributed by atoms with Crippen molar-refractivity contribution < 1.29 is 4.42 Å². The molecule has 0 N–H and O–H groups in total. The molecular weight excluding hydrogens is 607 g/mol. The maximum atomic E-state index is 6.58. The van der Waals surface area contributed by atoms with Gasteiger partial charge in [0.25, 0.3) is 0 Å². The highest BCUT2D eigenvalue weighted by Gasteiger charge is 2.62. The van der Waals surface area contributed by atoms with Crippen LogP contribution in [0.1, 0.15) is 95.0 Å². The quantitative estimate of drug-likeness (QED) is 0.181. The lowest BCUT2D eigenvalue weighted by Crippen LogP contribution is -2.61. The molecule has 6 aliphatic rings. The minimum atomic E-state index is 0.698. The first kappa shape index (κ1) is 29.1. The van der Waals surface area contributed by atoms with E-state index >= 15 is 0 Å². The van der Waals surface area contributed by atoms with Crippen molar-refractivity contribution in [3.8, 4) is 5.69 Å². The van der Waals surface area contributed by atoms with Crippen LogP contribution in [0.15, 0.2) is 89.3 Å². The number of benzene rings is 4. The lowest BCUT2D eigenvalue weighted by atomic mass is 9.37. The molecule has 254 valence electrons. The second-order valence-electron chi connectivity index (χ2n) is 18.0. The molecule has 11 atom stereocenters. The average molecular weight is 658 g/mol. The van der Waals surface area contributed by atoms with Gasteiger partial charge in [-0.1, -0.05) is 80.3 Å². The number of nitrogens with zero attached hydrogens (tertiary/aromatic N) is 1. The van der Waals surface area contributed by atoms with Crippen molar-refractivity contribution in [2.45, 2.75) is 89.4 Å². The molecule has 0 amide bonds. The highest BCUT2D eigenvalue weighted by molar-refractivity contribution is 6.12. The minimum absolute atomic E-state index is 0.698. The Hall–Kier alpha value is -3.52. The first-order valence-corrected chi connectivity index (χ1v) is 20.8. The standard InChI is InChI=1S/C48H51NO/c1-2-11-31-30(10-1)35-14-7-16-37-32-24-22-28(26-40(32)38-17-8-15-36(31)47(38)46(35)37)29-23-25-43-41(27-29)33-12-3-5-19-42(33)49(43)44-20-9-18-39-34-13-4-6-21-45(34)50-48(39)44/h3-6,9,12-13,18-21,23,25,27-28,30-32,35-38,40,46-47H,1-2,7-8,10-11,14-17,22,24,26H2. The van der Waals surface area contributed by atoms with Gasteiger partial charge in [0, 0.05) is 21.5 Å². The van der Waals surface area contributed by atoms with Gasteiger partial charge in [0.2, 0.25) is 0 Å². The van der Waals surface area contributed by atoms with Crippen LogP contribution in [0.2, 0.25) is 0 Å². The molecule has 11 unspecified atom stereocenters. The molecule has 0 spiro atoms. The largest absolute Gasteiger partial charge is 0.454 e. The van der Waals surface area contributed by atoms with Crippen LogP contribution in [-0.4, -0.2) is 4.57 Å². The predicted molar refractivity (Wildman–Crippen MR) is 206 cm³/mol. The molecule has 4 aromatic carbocycles. The monoisotopic (exact) mass is 657 g/mol. The molecule has 6 saturated carbocycles. The summed E-state index contributed by atoms with van der Waals surface area (Å²) < 4.78 is 9.05. The zero-order valence-electron chi connectivity index (χ0n) is 29.5. The molecule has 6 aromatic rings. The van der Waals surface area contributed by atoms with Gasteiger partial charge in [-0.25, -0.2) is 0 Å². The summed E-state index contributed by atoms with van der Waals surface area (Å²) in [6.07, 6.45) is 19.8. The van der Waals surface area contributed by atoms with Crippen LogP contribution >= 0.6 is 0 Å². The van der Waals surface area contributed by atoms with Crippen LogP contribution in [-0.2, 0) is 0 Å². The van der Waals surface area contributed by atoms with Gasteiger partial charge in [-0.3, -0.25) is 0 Å². The maximum absolute atomic E-state index is 6.58. The lowest BCUT2D eigenvalue weighted by molar-refractivity contribution is -0.188. The van der Waals surface area contributed by atoms with Gasteiger partial charge < -0.3 is 8.98 Å². The molecule has 12 rings (SSSR count). The topological polar surface area (TPSA) is 18.1 Å². The summed E-state index contributed by atoms with van der Waals surface area (Å²) >= 11 is 0. The van der Waals surface area contributed by atoms with Gasteiger partial charge in [-0.2, -0.15) is 0 Å². The van der Waals surface area contributed by atoms with Crippen LogP contribution in [0.3, 0.4) is 0 Å². The molecular formula is C48H51NO. The van der Waals surface area contributed by atoms with E-state index in [1.165, 1.54) is 77.5 Å². The van der Waals surface area contributed by atoms with Crippen LogP contribution < -0.4 is 0 Å². The Kier molecular flexibility index (Phi) is 6.40. The van der Waals surface area contributed by atoms with E-state index in [0.29, 0.717) is 5.92 Å². The molecule has 0 radical (unpaired) electrons. The second-order valence-corrected chi connectivity index (χ2v) is 18.0. The fourth-order valence-electron chi connectivity index (χ4n) is 14.9. The zero-order valence-corrected chi connectivity index (χ0v) is 29.5. The summed E-state index contributed by atoms with van der Waals surface area (Å²) in [5, 5.41) is 5.15. The summed E-state index contributed by atoms with van der Waals surface area (Å²) in [6, 6.07) is 31.8. The Balaban J connectivity index is 0.935. The smallest absolute Gasteiger partial charge is 0.159 e. The molecule has 0 aliphatic heterocycles. The van der Waals surface area contributed by atoms with Gasteiger partial charge in [-0.15, -0.1) is 0 Å². The van der Waals surface area contributed by atoms with Crippen molar-refractivity contribution in [2.24, 2.45) is 59.2 Å². The third kappa shape index (κ3) is 3.97. The summed E-state index contributed by atoms with van der Waals surface area (Å²) in [6.45, 7) is 0. The van der Waals surface area contributed by atoms with E-state index in [1.807, 2.05) is 0 Å². The molecule has 0 saturated heterocycles. The molecule has 2 aromatic heterocycles. The fourth-order valence-corrected chi connectivity index (χ4v) is 14.9. The Morgan fingerprint density at radius 3 is 1.86 bits per heavy atom. The number of para-hydroxylation sites is 3. The molecule has 6 aliphatic carbocycles. The van der Waals surface area contributed by atoms with Crippen molar-refractivity contribution in [1.29, 1.82) is 0 Å². The Bertz CT molecular complexity index is 2270. The van der Waals surface area contributed by atoms with Crippen molar-refractivity contribution in [3.05, 3.63) is 90.5 Å². The van der Waals surface area contributed by atoms with Crippen molar-refractivity contribution in [2.75, 3.05) is 0 Å². The third-order valence-electron chi connectivity index (χ3n) is 16.4. The van der Waals surface area contributed by atoms with E-state index in [1.54, 1.807) is 44.1 Å². The highest BCUT2D eigenvalue weighted by Crippen LogP contribution is 2.69. The van der Waals surface area contributed by atoms with E-state index in [9.17, 15) is 0 Å². The minimum Gasteiger partial charge on any atom is -0.454 e. The normalized spacial score (nSPS) is 36.4. The number of hydrogen-bond acceptors (Lipinski definition) is 1. The van der Waals surface area contributed by atoms with Crippen LogP contribution in [0.5, 0.6) is 0 Å². The molecule has 50 heavy (non-hydrogen) atoms. The van der Waals surface area contributed by atoms with Gasteiger partial charge in [0.15, 0.2) is 5.58 Å². The summed E-state index contributed by atoms with van der Waals surface area (Å²) in [5.74, 6) is 11.2. The Labute approximate surface area is 296 Å². The number of furan rings is 1. The Morgan fingerprint density at radius 1 is 0.460 bits per heavy atom. The zero-order chi connectivity index (χ0) is 32.5. The number of fused-ring (bicyclic) bond motifs is 12. The lowest BCUT2D eigenvalue weighted by Gasteiger charge is -2.67. The SMILES string of the molecule is c1ccc2c(c1)oc1c(-n3c4ccccc4c4cc(C5CCC6C(C5)C5CCCC7C8CCCCC8C8CCCC6C8C75)ccc43)cccc12. The number of hydrogen-bond donors (Lipinski definition) is 0. The summed E-state index contributed by atoms with van der Waals surface area (Å²) in [7, 11) is 0. The molecule has 6 fully saturated rings. The third-order valence-corrected chi connectivity index (χ3v) is 16.4. The van der Waals surface area contributed by atoms with Crippen molar-refractivity contribution >= 4 is 43.7 Å². The maximum Gasteiger partial charge on any atom is 0.159 e. The highest BCUT2D eigenvalue weighted by atomic mass is 16.3. The predicted octanol–water partition coefficient (Wildman–Crippen LogP) is 13.1. The van der Waals surface area contributed by atoms with Crippen molar-refractivity contribution in [3.63, 3.8) is 0 Å². The van der Waals surface area contributed by atoms with Crippen LogP contribution in [0.25, 0.3) is 49.4 Å². The molecule has 2 nitrogen and oxygen atoms in total. The van der Waals surface area contributed by atoms with Gasteiger partial charge >= 0.3 is 0 Å². The van der Waals surface area contributed by atoms with E-state index in [0.717, 1.165) is 76.0 Å². The average Bonchev–Trinajstić information content (AvgIpc) is 3.73. The number of aromatic nitrogens is 1. The van der Waals surface area contributed by atoms with Crippen molar-refractivity contribution in [1.82, 2.24) is 4.57 Å². The molecule has 0 bridgehead atoms. The van der Waals surface area contributed by atoms with Crippen LogP contribution in [0, 0.1) is 59.2 Å². The molecule has 2 heteroatoms. The van der Waals surface area contributed by atoms with Gasteiger partial charge in [0.05, 0.1) is 16.7 Å². The second kappa shape index (κ2) is 11.0.